The fourth-order valence-corrected chi connectivity index (χ4v) is 0.923. The summed E-state index contributed by atoms with van der Waals surface area (Å²) in [6.45, 7) is 7.31. The first-order valence-corrected chi connectivity index (χ1v) is 4.12. The van der Waals surface area contributed by atoms with Crippen LogP contribution in [0.4, 0.5) is 0 Å². The van der Waals surface area contributed by atoms with Gasteiger partial charge in [0.15, 0.2) is 0 Å². The lowest BCUT2D eigenvalue weighted by Crippen LogP contribution is -1.85. The van der Waals surface area contributed by atoms with E-state index in [2.05, 4.69) is 32.9 Å². The third kappa shape index (κ3) is 3.38. The first kappa shape index (κ1) is 8.54. The van der Waals surface area contributed by atoms with Gasteiger partial charge in [0.1, 0.15) is 6.10 Å². The molecule has 1 aliphatic rings. The van der Waals surface area contributed by atoms with Gasteiger partial charge in [-0.3, -0.25) is 0 Å². The summed E-state index contributed by atoms with van der Waals surface area (Å²) in [7, 11) is 0. The summed E-state index contributed by atoms with van der Waals surface area (Å²) in [4.78, 5) is 0. The Morgan fingerprint density at radius 1 is 1.36 bits per heavy atom. The highest BCUT2D eigenvalue weighted by Crippen LogP contribution is 2.19. The molecule has 11 heavy (non-hydrogen) atoms. The fraction of sp³-hybridized carbons (Fsp3) is 0.600. The molecular weight excluding hydrogens is 136 g/mol. The van der Waals surface area contributed by atoms with Crippen molar-refractivity contribution in [2.24, 2.45) is 0 Å². The van der Waals surface area contributed by atoms with Crippen LogP contribution in [0.1, 0.15) is 27.2 Å². The molecule has 0 spiro atoms. The van der Waals surface area contributed by atoms with E-state index in [1.807, 2.05) is 0 Å². The normalized spacial score (nSPS) is 23.2. The summed E-state index contributed by atoms with van der Waals surface area (Å²) < 4.78 is 5.14. The second-order valence-electron chi connectivity index (χ2n) is 3.29. The number of hydrogen-bond acceptors (Lipinski definition) is 1. The molecule has 62 valence electrons. The monoisotopic (exact) mass is 152 g/mol. The molecule has 1 nitrogen and oxygen atoms in total. The van der Waals surface area contributed by atoms with Gasteiger partial charge in [-0.05, 0) is 32.8 Å². The highest BCUT2D eigenvalue weighted by molar-refractivity contribution is 5.12. The Balaban J connectivity index is 2.27. The van der Waals surface area contributed by atoms with Crippen molar-refractivity contribution in [2.45, 2.75) is 33.3 Å². The summed E-state index contributed by atoms with van der Waals surface area (Å²) in [6, 6.07) is 0. The van der Waals surface area contributed by atoms with Gasteiger partial charge in [0.2, 0.25) is 0 Å². The Labute approximate surface area is 68.8 Å². The van der Waals surface area contributed by atoms with Crippen molar-refractivity contribution in [2.75, 3.05) is 6.61 Å². The second-order valence-corrected chi connectivity index (χ2v) is 3.29. The van der Waals surface area contributed by atoms with Crippen LogP contribution in [0.3, 0.4) is 0 Å². The van der Waals surface area contributed by atoms with E-state index in [9.17, 15) is 0 Å². The maximum atomic E-state index is 5.14. The molecule has 0 aliphatic carbocycles. The zero-order valence-electron chi connectivity index (χ0n) is 7.55. The van der Waals surface area contributed by atoms with Crippen LogP contribution in [0.5, 0.6) is 0 Å². The number of ether oxygens (including phenoxy) is 1. The van der Waals surface area contributed by atoms with Crippen LogP contribution < -0.4 is 0 Å². The molecule has 1 aliphatic heterocycles. The largest absolute Gasteiger partial charge is 0.368 e. The molecule has 1 heterocycles. The van der Waals surface area contributed by atoms with Gasteiger partial charge in [0.05, 0.1) is 6.61 Å². The average Bonchev–Trinajstić information content (AvgIpc) is 2.66. The van der Waals surface area contributed by atoms with Gasteiger partial charge in [-0.2, -0.15) is 0 Å². The quantitative estimate of drug-likeness (QED) is 0.447. The topological polar surface area (TPSA) is 12.5 Å². The van der Waals surface area contributed by atoms with Crippen LogP contribution in [-0.2, 0) is 4.74 Å². The average molecular weight is 152 g/mol. The van der Waals surface area contributed by atoms with Crippen molar-refractivity contribution in [3.63, 3.8) is 0 Å². The van der Waals surface area contributed by atoms with Crippen LogP contribution in [0.2, 0.25) is 0 Å². The third-order valence-corrected chi connectivity index (χ3v) is 1.81. The maximum Gasteiger partial charge on any atom is 0.102 e. The van der Waals surface area contributed by atoms with E-state index in [4.69, 9.17) is 4.74 Å². The Bertz CT molecular complexity index is 181. The molecule has 0 aromatic rings. The van der Waals surface area contributed by atoms with Crippen LogP contribution in [-0.4, -0.2) is 12.7 Å². The van der Waals surface area contributed by atoms with Gasteiger partial charge in [0, 0.05) is 0 Å². The maximum absolute atomic E-state index is 5.14. The summed E-state index contributed by atoms with van der Waals surface area (Å²) >= 11 is 0. The minimum Gasteiger partial charge on any atom is -0.368 e. The van der Waals surface area contributed by atoms with Crippen molar-refractivity contribution in [1.29, 1.82) is 0 Å². The minimum absolute atomic E-state index is 0.445. The van der Waals surface area contributed by atoms with E-state index in [1.54, 1.807) is 0 Å². The molecule has 0 saturated carbocycles. The van der Waals surface area contributed by atoms with E-state index in [0.29, 0.717) is 6.10 Å². The molecule has 1 atom stereocenters. The molecule has 0 radical (unpaired) electrons. The molecule has 1 unspecified atom stereocenters. The standard InChI is InChI=1S/C10H16O/c1-8(2)5-4-6-9(3)10-7-11-10/h5-6,10H,4,7H2,1-3H3. The number of allylic oxidation sites excluding steroid dienone is 3. The lowest BCUT2D eigenvalue weighted by Gasteiger charge is -1.92. The van der Waals surface area contributed by atoms with Crippen molar-refractivity contribution in [3.05, 3.63) is 23.3 Å². The first-order valence-electron chi connectivity index (χ1n) is 4.12. The van der Waals surface area contributed by atoms with E-state index in [1.165, 1.54) is 11.1 Å². The molecule has 0 bridgehead atoms. The van der Waals surface area contributed by atoms with Crippen LogP contribution >= 0.6 is 0 Å². The number of epoxide rings is 1. The Morgan fingerprint density at radius 2 is 2.00 bits per heavy atom. The van der Waals surface area contributed by atoms with Gasteiger partial charge in [-0.15, -0.1) is 0 Å². The van der Waals surface area contributed by atoms with Gasteiger partial charge in [0.25, 0.3) is 0 Å². The highest BCUT2D eigenvalue weighted by Gasteiger charge is 2.23. The van der Waals surface area contributed by atoms with Crippen molar-refractivity contribution < 1.29 is 4.74 Å². The molecule has 0 aromatic carbocycles. The van der Waals surface area contributed by atoms with Crippen molar-refractivity contribution >= 4 is 0 Å². The molecule has 0 N–H and O–H groups in total. The summed E-state index contributed by atoms with van der Waals surface area (Å²) in [6.07, 6.45) is 5.96. The molecule has 0 aromatic heterocycles. The van der Waals surface area contributed by atoms with Crippen molar-refractivity contribution in [1.82, 2.24) is 0 Å². The van der Waals surface area contributed by atoms with Gasteiger partial charge >= 0.3 is 0 Å². The minimum atomic E-state index is 0.445. The molecule has 1 fully saturated rings. The van der Waals surface area contributed by atoms with E-state index in [-0.39, 0.29) is 0 Å². The summed E-state index contributed by atoms with van der Waals surface area (Å²) in [5.74, 6) is 0. The highest BCUT2D eigenvalue weighted by atomic mass is 16.6. The second kappa shape index (κ2) is 3.72. The Kier molecular flexibility index (Phi) is 2.89. The predicted octanol–water partition coefficient (Wildman–Crippen LogP) is 2.69. The SMILES string of the molecule is CC(C)=CCC=C(C)C1CO1. The van der Waals surface area contributed by atoms with Gasteiger partial charge < -0.3 is 4.74 Å². The van der Waals surface area contributed by atoms with E-state index in [0.717, 1.165) is 13.0 Å². The Hall–Kier alpha value is -0.560. The van der Waals surface area contributed by atoms with Crippen molar-refractivity contribution in [3.8, 4) is 0 Å². The van der Waals surface area contributed by atoms with Crippen LogP contribution in [0, 0.1) is 0 Å². The molecule has 1 saturated heterocycles. The lowest BCUT2D eigenvalue weighted by molar-refractivity contribution is 0.431. The Morgan fingerprint density at radius 3 is 2.45 bits per heavy atom. The smallest absolute Gasteiger partial charge is 0.102 e. The van der Waals surface area contributed by atoms with Gasteiger partial charge in [-0.1, -0.05) is 17.7 Å². The fourth-order valence-electron chi connectivity index (χ4n) is 0.923. The van der Waals surface area contributed by atoms with Crippen LogP contribution in [0.15, 0.2) is 23.3 Å². The van der Waals surface area contributed by atoms with Crippen LogP contribution in [0.25, 0.3) is 0 Å². The lowest BCUT2D eigenvalue weighted by atomic mass is 10.1. The number of hydrogen-bond donors (Lipinski definition) is 0. The first-order chi connectivity index (χ1) is 5.20. The van der Waals surface area contributed by atoms with E-state index >= 15 is 0 Å². The zero-order chi connectivity index (χ0) is 8.27. The third-order valence-electron chi connectivity index (χ3n) is 1.81. The predicted molar refractivity (Wildman–Crippen MR) is 47.5 cm³/mol. The molecule has 1 heteroatoms. The molecule has 1 rings (SSSR count). The van der Waals surface area contributed by atoms with E-state index < -0.39 is 0 Å². The molecule has 0 amide bonds. The summed E-state index contributed by atoms with van der Waals surface area (Å²) in [5.41, 5.74) is 2.76. The number of rotatable bonds is 3. The summed E-state index contributed by atoms with van der Waals surface area (Å²) in [5, 5.41) is 0. The zero-order valence-corrected chi connectivity index (χ0v) is 7.55. The van der Waals surface area contributed by atoms with Gasteiger partial charge in [-0.25, -0.2) is 0 Å². The molecular formula is C10H16O.